The van der Waals surface area contributed by atoms with Gasteiger partial charge >= 0.3 is 0 Å². The molecule has 1 atom stereocenters. The zero-order chi connectivity index (χ0) is 14.8. The van der Waals surface area contributed by atoms with Gasteiger partial charge < -0.3 is 4.90 Å². The summed E-state index contributed by atoms with van der Waals surface area (Å²) in [6.45, 7) is 9.04. The molecule has 0 N–H and O–H groups in total. The van der Waals surface area contributed by atoms with Gasteiger partial charge in [0, 0.05) is 30.3 Å². The summed E-state index contributed by atoms with van der Waals surface area (Å²) in [6, 6.07) is 5.06. The number of benzene rings is 1. The van der Waals surface area contributed by atoms with Crippen molar-refractivity contribution in [3.8, 4) is 0 Å². The average molecular weight is 271 g/mol. The molecule has 0 saturated carbocycles. The SMILES string of the molecule is C=CC(C)(CC)c1cc(F)ccc1C1=CC=CCN1C. The molecule has 0 saturated heterocycles. The van der Waals surface area contributed by atoms with Crippen molar-refractivity contribution < 1.29 is 4.39 Å². The van der Waals surface area contributed by atoms with Crippen LogP contribution in [0.25, 0.3) is 5.70 Å². The van der Waals surface area contributed by atoms with Gasteiger partial charge in [0.2, 0.25) is 0 Å². The van der Waals surface area contributed by atoms with Crippen molar-refractivity contribution in [2.24, 2.45) is 0 Å². The largest absolute Gasteiger partial charge is 0.370 e. The molecule has 1 unspecified atom stereocenters. The van der Waals surface area contributed by atoms with Gasteiger partial charge in [0.1, 0.15) is 5.82 Å². The molecule has 1 heterocycles. The molecule has 1 nitrogen and oxygen atoms in total. The number of rotatable bonds is 4. The third kappa shape index (κ3) is 2.55. The lowest BCUT2D eigenvalue weighted by molar-refractivity contribution is 0.521. The molecular weight excluding hydrogens is 249 g/mol. The van der Waals surface area contributed by atoms with Gasteiger partial charge in [-0.15, -0.1) is 6.58 Å². The van der Waals surface area contributed by atoms with Crippen molar-refractivity contribution in [2.45, 2.75) is 25.7 Å². The first-order chi connectivity index (χ1) is 9.51. The van der Waals surface area contributed by atoms with Gasteiger partial charge in [-0.25, -0.2) is 4.39 Å². The van der Waals surface area contributed by atoms with Crippen LogP contribution in [0.1, 0.15) is 31.4 Å². The lowest BCUT2D eigenvalue weighted by Gasteiger charge is -2.31. The number of halogens is 1. The first kappa shape index (κ1) is 14.6. The molecule has 1 aromatic rings. The minimum Gasteiger partial charge on any atom is -0.370 e. The van der Waals surface area contributed by atoms with E-state index in [4.69, 9.17) is 0 Å². The van der Waals surface area contributed by atoms with Crippen molar-refractivity contribution in [3.05, 3.63) is 66.0 Å². The predicted molar refractivity (Wildman–Crippen MR) is 84.0 cm³/mol. The molecule has 2 rings (SSSR count). The maximum atomic E-state index is 13.7. The standard InChI is InChI=1S/C18H22FN/c1-5-18(3,6-2)16-13-14(19)10-11-15(16)17-9-7-8-12-20(17)4/h5,7-11,13H,1,6,12H2,2-4H3. The van der Waals surface area contributed by atoms with E-state index in [1.165, 1.54) is 6.07 Å². The van der Waals surface area contributed by atoms with Crippen LogP contribution in [-0.2, 0) is 5.41 Å². The highest BCUT2D eigenvalue weighted by molar-refractivity contribution is 5.70. The van der Waals surface area contributed by atoms with Gasteiger partial charge in [0.25, 0.3) is 0 Å². The third-order valence-corrected chi connectivity index (χ3v) is 4.24. The lowest BCUT2D eigenvalue weighted by Crippen LogP contribution is -2.24. The molecule has 0 bridgehead atoms. The van der Waals surface area contributed by atoms with E-state index in [0.717, 1.165) is 29.8 Å². The molecule has 0 aromatic heterocycles. The van der Waals surface area contributed by atoms with Crippen LogP contribution >= 0.6 is 0 Å². The number of allylic oxidation sites excluding steroid dienone is 3. The highest BCUT2D eigenvalue weighted by Crippen LogP contribution is 2.36. The van der Waals surface area contributed by atoms with Gasteiger partial charge in [-0.3, -0.25) is 0 Å². The normalized spacial score (nSPS) is 17.6. The zero-order valence-corrected chi connectivity index (χ0v) is 12.5. The molecule has 0 amide bonds. The summed E-state index contributed by atoms with van der Waals surface area (Å²) in [6.07, 6.45) is 9.06. The van der Waals surface area contributed by atoms with Crippen LogP contribution in [-0.4, -0.2) is 18.5 Å². The van der Waals surface area contributed by atoms with Crippen LogP contribution in [0.5, 0.6) is 0 Å². The maximum Gasteiger partial charge on any atom is 0.123 e. The van der Waals surface area contributed by atoms with Crippen LogP contribution in [0.2, 0.25) is 0 Å². The Morgan fingerprint density at radius 3 is 2.80 bits per heavy atom. The average Bonchev–Trinajstić information content (AvgIpc) is 2.47. The Hall–Kier alpha value is -1.83. The number of likely N-dealkylation sites (N-methyl/N-ethyl adjacent to an activating group) is 1. The van der Waals surface area contributed by atoms with Gasteiger partial charge in [0.15, 0.2) is 0 Å². The molecule has 1 aliphatic heterocycles. The first-order valence-electron chi connectivity index (χ1n) is 7.04. The van der Waals surface area contributed by atoms with Crippen LogP contribution in [0.3, 0.4) is 0 Å². The van der Waals surface area contributed by atoms with Crippen molar-refractivity contribution in [3.63, 3.8) is 0 Å². The smallest absolute Gasteiger partial charge is 0.123 e. The molecule has 106 valence electrons. The van der Waals surface area contributed by atoms with Crippen molar-refractivity contribution in [2.75, 3.05) is 13.6 Å². The van der Waals surface area contributed by atoms with E-state index < -0.39 is 0 Å². The van der Waals surface area contributed by atoms with E-state index in [1.807, 2.05) is 12.1 Å². The van der Waals surface area contributed by atoms with Crippen molar-refractivity contribution >= 4 is 5.70 Å². The van der Waals surface area contributed by atoms with E-state index in [-0.39, 0.29) is 11.2 Å². The highest BCUT2D eigenvalue weighted by atomic mass is 19.1. The number of hydrogen-bond donors (Lipinski definition) is 0. The molecule has 0 radical (unpaired) electrons. The fraction of sp³-hybridized carbons (Fsp3) is 0.333. The minimum absolute atomic E-state index is 0.195. The Balaban J connectivity index is 2.62. The maximum absolute atomic E-state index is 13.7. The Morgan fingerprint density at radius 1 is 1.45 bits per heavy atom. The summed E-state index contributed by atoms with van der Waals surface area (Å²) >= 11 is 0. The molecule has 1 aliphatic rings. The van der Waals surface area contributed by atoms with E-state index in [2.05, 4.69) is 50.6 Å². The quantitative estimate of drug-likeness (QED) is 0.728. The van der Waals surface area contributed by atoms with E-state index in [0.29, 0.717) is 0 Å². The zero-order valence-electron chi connectivity index (χ0n) is 12.5. The predicted octanol–water partition coefficient (Wildman–Crippen LogP) is 4.52. The van der Waals surface area contributed by atoms with Gasteiger partial charge in [-0.2, -0.15) is 0 Å². The molecule has 20 heavy (non-hydrogen) atoms. The van der Waals surface area contributed by atoms with Gasteiger partial charge in [0.05, 0.1) is 0 Å². The Labute approximate surface area is 121 Å². The number of hydrogen-bond acceptors (Lipinski definition) is 1. The minimum atomic E-state index is -0.222. The monoisotopic (exact) mass is 271 g/mol. The van der Waals surface area contributed by atoms with Crippen LogP contribution in [0.4, 0.5) is 4.39 Å². The fourth-order valence-corrected chi connectivity index (χ4v) is 2.56. The van der Waals surface area contributed by atoms with E-state index in [1.54, 1.807) is 6.07 Å². The van der Waals surface area contributed by atoms with Gasteiger partial charge in [-0.1, -0.05) is 32.1 Å². The summed E-state index contributed by atoms with van der Waals surface area (Å²) in [5, 5.41) is 0. The summed E-state index contributed by atoms with van der Waals surface area (Å²) in [7, 11) is 2.06. The van der Waals surface area contributed by atoms with Crippen molar-refractivity contribution in [1.82, 2.24) is 4.90 Å². The topological polar surface area (TPSA) is 3.24 Å². The summed E-state index contributed by atoms with van der Waals surface area (Å²) in [5.41, 5.74) is 3.00. The second-order valence-electron chi connectivity index (χ2n) is 5.53. The van der Waals surface area contributed by atoms with E-state index in [9.17, 15) is 4.39 Å². The second-order valence-corrected chi connectivity index (χ2v) is 5.53. The van der Waals surface area contributed by atoms with E-state index >= 15 is 0 Å². The summed E-state index contributed by atoms with van der Waals surface area (Å²) in [4.78, 5) is 2.18. The summed E-state index contributed by atoms with van der Waals surface area (Å²) in [5.74, 6) is -0.195. The van der Waals surface area contributed by atoms with Crippen LogP contribution in [0, 0.1) is 5.82 Å². The van der Waals surface area contributed by atoms with Crippen molar-refractivity contribution in [1.29, 1.82) is 0 Å². The fourth-order valence-electron chi connectivity index (χ4n) is 2.56. The van der Waals surface area contributed by atoms with Gasteiger partial charge in [-0.05, 0) is 36.3 Å². The summed E-state index contributed by atoms with van der Waals surface area (Å²) < 4.78 is 13.7. The molecular formula is C18H22FN. The Bertz CT molecular complexity index is 571. The molecule has 1 aromatic carbocycles. The molecule has 0 aliphatic carbocycles. The Kier molecular flexibility index (Phi) is 4.12. The molecule has 0 fully saturated rings. The molecule has 0 spiro atoms. The highest BCUT2D eigenvalue weighted by Gasteiger charge is 2.26. The van der Waals surface area contributed by atoms with Crippen LogP contribution in [0.15, 0.2) is 49.1 Å². The second kappa shape index (κ2) is 5.66. The van der Waals surface area contributed by atoms with Crippen LogP contribution < -0.4 is 0 Å². The first-order valence-corrected chi connectivity index (χ1v) is 7.04. The molecule has 2 heteroatoms. The Morgan fingerprint density at radius 2 is 2.20 bits per heavy atom. The lowest BCUT2D eigenvalue weighted by atomic mass is 9.77. The third-order valence-electron chi connectivity index (χ3n) is 4.24. The number of nitrogens with zero attached hydrogens (tertiary/aromatic N) is 1.